The monoisotopic (exact) mass is 244 g/mol. The lowest BCUT2D eigenvalue weighted by Crippen LogP contribution is -2.29. The van der Waals surface area contributed by atoms with Gasteiger partial charge >= 0.3 is 0 Å². The predicted octanol–water partition coefficient (Wildman–Crippen LogP) is 1.35. The van der Waals surface area contributed by atoms with Crippen LogP contribution in [0.15, 0.2) is 18.3 Å². The molecule has 1 aliphatic rings. The van der Waals surface area contributed by atoms with E-state index in [4.69, 9.17) is 0 Å². The van der Waals surface area contributed by atoms with Crippen molar-refractivity contribution in [3.05, 3.63) is 29.7 Å². The third-order valence-corrected chi connectivity index (χ3v) is 3.68. The number of aromatic nitrogens is 3. The molecule has 1 fully saturated rings. The number of hydrogen-bond donors (Lipinski definition) is 0. The van der Waals surface area contributed by atoms with Crippen LogP contribution in [-0.2, 0) is 0 Å². The van der Waals surface area contributed by atoms with Crippen LogP contribution in [0.5, 0.6) is 0 Å². The highest BCUT2D eigenvalue weighted by molar-refractivity contribution is 5.76. The van der Waals surface area contributed by atoms with Gasteiger partial charge in [0.1, 0.15) is 12.1 Å². The summed E-state index contributed by atoms with van der Waals surface area (Å²) >= 11 is 0. The molecular formula is C13H16N4O. The van der Waals surface area contributed by atoms with Gasteiger partial charge in [-0.15, -0.1) is 10.2 Å². The van der Waals surface area contributed by atoms with E-state index in [2.05, 4.69) is 22.1 Å². The fourth-order valence-corrected chi connectivity index (χ4v) is 2.54. The minimum Gasteiger partial charge on any atom is -0.306 e. The van der Waals surface area contributed by atoms with Crippen molar-refractivity contribution in [2.24, 2.45) is 0 Å². The van der Waals surface area contributed by atoms with Crippen LogP contribution in [0, 0.1) is 0 Å². The molecule has 0 bridgehead atoms. The largest absolute Gasteiger partial charge is 0.306 e. The molecule has 5 heteroatoms. The van der Waals surface area contributed by atoms with Gasteiger partial charge in [0.25, 0.3) is 0 Å². The molecule has 2 aromatic rings. The van der Waals surface area contributed by atoms with Gasteiger partial charge in [-0.2, -0.15) is 0 Å². The Morgan fingerprint density at radius 1 is 1.33 bits per heavy atom. The van der Waals surface area contributed by atoms with Gasteiger partial charge in [-0.05, 0) is 45.1 Å². The first-order valence-corrected chi connectivity index (χ1v) is 6.26. The summed E-state index contributed by atoms with van der Waals surface area (Å²) in [5.74, 6) is 1.49. The molecule has 0 spiro atoms. The second-order valence-corrected chi connectivity index (χ2v) is 4.94. The lowest BCUT2D eigenvalue weighted by molar-refractivity contribution is 0.112. The number of aldehydes is 1. The van der Waals surface area contributed by atoms with Crippen LogP contribution in [0.4, 0.5) is 0 Å². The fourth-order valence-electron chi connectivity index (χ4n) is 2.54. The number of pyridine rings is 1. The molecule has 0 saturated carbocycles. The van der Waals surface area contributed by atoms with Crippen LogP contribution < -0.4 is 0 Å². The Balaban J connectivity index is 1.95. The molecule has 3 rings (SSSR count). The number of carbonyl (C=O) groups is 1. The smallest absolute Gasteiger partial charge is 0.161 e. The second kappa shape index (κ2) is 4.49. The summed E-state index contributed by atoms with van der Waals surface area (Å²) in [5, 5.41) is 8.46. The van der Waals surface area contributed by atoms with E-state index in [1.54, 1.807) is 6.07 Å². The zero-order chi connectivity index (χ0) is 12.5. The van der Waals surface area contributed by atoms with Crippen LogP contribution >= 0.6 is 0 Å². The minimum atomic E-state index is 0.471. The van der Waals surface area contributed by atoms with Crippen LogP contribution in [-0.4, -0.2) is 45.9 Å². The normalized spacial score (nSPS) is 18.3. The van der Waals surface area contributed by atoms with Crippen molar-refractivity contribution >= 4 is 11.9 Å². The first-order valence-electron chi connectivity index (χ1n) is 6.26. The summed E-state index contributed by atoms with van der Waals surface area (Å²) in [4.78, 5) is 13.1. The van der Waals surface area contributed by atoms with Gasteiger partial charge in [-0.25, -0.2) is 0 Å². The Bertz CT molecular complexity index is 569. The van der Waals surface area contributed by atoms with Crippen LogP contribution in [0.2, 0.25) is 0 Å². The highest BCUT2D eigenvalue weighted by Gasteiger charge is 2.22. The maximum Gasteiger partial charge on any atom is 0.161 e. The minimum absolute atomic E-state index is 0.471. The van der Waals surface area contributed by atoms with E-state index in [0.29, 0.717) is 11.5 Å². The maximum absolute atomic E-state index is 10.7. The predicted molar refractivity (Wildman–Crippen MR) is 67.8 cm³/mol. The van der Waals surface area contributed by atoms with Crippen molar-refractivity contribution in [1.82, 2.24) is 19.5 Å². The van der Waals surface area contributed by atoms with Crippen molar-refractivity contribution in [1.29, 1.82) is 0 Å². The highest BCUT2D eigenvalue weighted by atomic mass is 16.1. The van der Waals surface area contributed by atoms with E-state index in [1.165, 1.54) is 0 Å². The molecule has 0 atom stereocenters. The molecule has 0 unspecified atom stereocenters. The fraction of sp³-hybridized carbons (Fsp3) is 0.462. The molecule has 0 aromatic carbocycles. The number of likely N-dealkylation sites (tertiary alicyclic amines) is 1. The van der Waals surface area contributed by atoms with Crippen molar-refractivity contribution in [3.63, 3.8) is 0 Å². The quantitative estimate of drug-likeness (QED) is 0.748. The van der Waals surface area contributed by atoms with E-state index in [1.807, 2.05) is 16.7 Å². The Morgan fingerprint density at radius 3 is 2.83 bits per heavy atom. The second-order valence-electron chi connectivity index (χ2n) is 4.94. The van der Waals surface area contributed by atoms with Crippen molar-refractivity contribution in [2.75, 3.05) is 20.1 Å². The van der Waals surface area contributed by atoms with Gasteiger partial charge in [0.05, 0.1) is 0 Å². The molecule has 5 nitrogen and oxygen atoms in total. The maximum atomic E-state index is 10.7. The first-order chi connectivity index (χ1) is 8.78. The first kappa shape index (κ1) is 11.3. The number of fused-ring (bicyclic) bond motifs is 1. The number of hydrogen-bond acceptors (Lipinski definition) is 4. The van der Waals surface area contributed by atoms with E-state index in [0.717, 1.165) is 43.7 Å². The van der Waals surface area contributed by atoms with E-state index in [9.17, 15) is 4.79 Å². The summed E-state index contributed by atoms with van der Waals surface area (Å²) in [5.41, 5.74) is 1.40. The van der Waals surface area contributed by atoms with Crippen molar-refractivity contribution in [3.8, 4) is 0 Å². The zero-order valence-electron chi connectivity index (χ0n) is 10.4. The molecule has 1 aliphatic heterocycles. The van der Waals surface area contributed by atoms with E-state index < -0.39 is 0 Å². The number of piperidine rings is 1. The number of nitrogens with zero attached hydrogens (tertiary/aromatic N) is 4. The molecule has 18 heavy (non-hydrogen) atoms. The Hall–Kier alpha value is -1.75. The van der Waals surface area contributed by atoms with Gasteiger partial charge in [0.15, 0.2) is 5.65 Å². The highest BCUT2D eigenvalue weighted by Crippen LogP contribution is 2.26. The number of carbonyl (C=O) groups excluding carboxylic acids is 1. The summed E-state index contributed by atoms with van der Waals surface area (Å²) in [6.07, 6.45) is 4.97. The SMILES string of the molecule is CN1CCC(c2nnc3cc(C=O)ccn23)CC1. The summed E-state index contributed by atoms with van der Waals surface area (Å²) in [6.45, 7) is 2.21. The van der Waals surface area contributed by atoms with Gasteiger partial charge in [0, 0.05) is 17.7 Å². The summed E-state index contributed by atoms with van der Waals surface area (Å²) < 4.78 is 2.00. The molecule has 1 saturated heterocycles. The van der Waals surface area contributed by atoms with Gasteiger partial charge in [0.2, 0.25) is 0 Å². The summed E-state index contributed by atoms with van der Waals surface area (Å²) in [6, 6.07) is 3.58. The van der Waals surface area contributed by atoms with Gasteiger partial charge in [-0.1, -0.05) is 0 Å². The zero-order valence-corrected chi connectivity index (χ0v) is 10.4. The Morgan fingerprint density at radius 2 is 2.11 bits per heavy atom. The van der Waals surface area contributed by atoms with Gasteiger partial charge < -0.3 is 4.90 Å². The third-order valence-electron chi connectivity index (χ3n) is 3.68. The van der Waals surface area contributed by atoms with E-state index >= 15 is 0 Å². The summed E-state index contributed by atoms with van der Waals surface area (Å²) in [7, 11) is 2.15. The van der Waals surface area contributed by atoms with Crippen LogP contribution in [0.3, 0.4) is 0 Å². The Labute approximate surface area is 105 Å². The molecule has 0 radical (unpaired) electrons. The lowest BCUT2D eigenvalue weighted by atomic mass is 9.96. The van der Waals surface area contributed by atoms with E-state index in [-0.39, 0.29) is 0 Å². The van der Waals surface area contributed by atoms with Crippen LogP contribution in [0.1, 0.15) is 34.9 Å². The lowest BCUT2D eigenvalue weighted by Gasteiger charge is -2.27. The van der Waals surface area contributed by atoms with Crippen LogP contribution in [0.25, 0.3) is 5.65 Å². The molecule has 3 heterocycles. The molecule has 0 N–H and O–H groups in total. The third kappa shape index (κ3) is 1.90. The standard InChI is InChI=1S/C13H16N4O/c1-16-5-3-11(4-6-16)13-15-14-12-8-10(9-18)2-7-17(12)13/h2,7-9,11H,3-6H2,1H3. The molecule has 2 aromatic heterocycles. The number of rotatable bonds is 2. The molecule has 0 amide bonds. The molecular weight excluding hydrogens is 228 g/mol. The average molecular weight is 244 g/mol. The molecule has 94 valence electrons. The molecule has 0 aliphatic carbocycles. The average Bonchev–Trinajstić information content (AvgIpc) is 2.82. The van der Waals surface area contributed by atoms with Gasteiger partial charge in [-0.3, -0.25) is 9.20 Å². The topological polar surface area (TPSA) is 50.5 Å². The Kier molecular flexibility index (Phi) is 2.83. The van der Waals surface area contributed by atoms with Crippen molar-refractivity contribution in [2.45, 2.75) is 18.8 Å². The van der Waals surface area contributed by atoms with Crippen molar-refractivity contribution < 1.29 is 4.79 Å².